The van der Waals surface area contributed by atoms with E-state index < -0.39 is 23.6 Å². The normalized spacial score (nSPS) is 25.9. The maximum absolute atomic E-state index is 12.3. The van der Waals surface area contributed by atoms with Gasteiger partial charge in [0, 0.05) is 24.0 Å². The number of aromatic amines is 1. The first-order valence-electron chi connectivity index (χ1n) is 19.6. The van der Waals surface area contributed by atoms with Crippen LogP contribution in [0.3, 0.4) is 0 Å². The molecule has 5 rings (SSSR count). The summed E-state index contributed by atoms with van der Waals surface area (Å²) in [4.78, 5) is 19.9. The van der Waals surface area contributed by atoms with E-state index >= 15 is 0 Å². The lowest BCUT2D eigenvalue weighted by molar-refractivity contribution is -0.146. The molecule has 0 saturated heterocycles. The number of pyridine rings is 1. The van der Waals surface area contributed by atoms with E-state index in [2.05, 4.69) is 47.2 Å². The summed E-state index contributed by atoms with van der Waals surface area (Å²) in [6.07, 6.45) is 19.8. The van der Waals surface area contributed by atoms with Crippen molar-refractivity contribution in [2.75, 3.05) is 5.73 Å². The molecule has 0 spiro atoms. The Balaban J connectivity index is 1.14. The summed E-state index contributed by atoms with van der Waals surface area (Å²) < 4.78 is 0. The summed E-state index contributed by atoms with van der Waals surface area (Å²) in [5.41, 5.74) is 9.31. The molecule has 1 saturated carbocycles. The van der Waals surface area contributed by atoms with Crippen LogP contribution in [-0.4, -0.2) is 54.2 Å². The van der Waals surface area contributed by atoms with Crippen molar-refractivity contribution in [2.45, 2.75) is 127 Å². The number of nitrogens with zero attached hydrogens (tertiary/aromatic N) is 1. The van der Waals surface area contributed by atoms with Crippen LogP contribution in [0.25, 0.3) is 11.1 Å². The Bertz CT molecular complexity index is 1520. The van der Waals surface area contributed by atoms with E-state index in [4.69, 9.17) is 5.73 Å². The first kappa shape index (κ1) is 38.8. The van der Waals surface area contributed by atoms with Crippen molar-refractivity contribution in [3.8, 4) is 11.1 Å². The fourth-order valence-electron chi connectivity index (χ4n) is 8.83. The zero-order chi connectivity index (χ0) is 36.2. The van der Waals surface area contributed by atoms with Gasteiger partial charge in [-0.15, -0.1) is 0 Å². The molecule has 278 valence electrons. The highest BCUT2D eigenvalue weighted by molar-refractivity contribution is 5.70. The van der Waals surface area contributed by atoms with Gasteiger partial charge in [-0.2, -0.15) is 0 Å². The topological polar surface area (TPSA) is 153 Å². The fourth-order valence-corrected chi connectivity index (χ4v) is 8.83. The minimum atomic E-state index is -1.03. The molecule has 8 heteroatoms. The number of unbranched alkanes of at least 4 members (excludes halogenated alkanes) is 4. The number of aromatic nitrogens is 2. The molecular formula is C43H61N3O5. The van der Waals surface area contributed by atoms with Crippen molar-refractivity contribution in [1.82, 2.24) is 9.97 Å². The predicted molar refractivity (Wildman–Crippen MR) is 204 cm³/mol. The smallest absolute Gasteiger partial charge is 0.309 e. The molecule has 2 aromatic heterocycles. The van der Waals surface area contributed by atoms with Crippen LogP contribution in [0, 0.1) is 29.6 Å². The van der Waals surface area contributed by atoms with Gasteiger partial charge in [0.25, 0.3) is 0 Å². The summed E-state index contributed by atoms with van der Waals surface area (Å²) in [5, 5.41) is 44.3. The number of aliphatic hydroxyl groups is 3. The van der Waals surface area contributed by atoms with Crippen LogP contribution in [-0.2, 0) is 17.6 Å². The van der Waals surface area contributed by atoms with Crippen molar-refractivity contribution >= 4 is 11.8 Å². The number of aliphatic hydroxyl groups excluding tert-OH is 2. The number of benzene rings is 1. The first-order chi connectivity index (χ1) is 24.6. The Kier molecular flexibility index (Phi) is 14.3. The molecular weight excluding hydrogens is 638 g/mol. The van der Waals surface area contributed by atoms with E-state index in [0.717, 1.165) is 67.3 Å². The van der Waals surface area contributed by atoms with Crippen LogP contribution < -0.4 is 5.73 Å². The Morgan fingerprint density at radius 3 is 2.53 bits per heavy atom. The zero-order valence-corrected chi connectivity index (χ0v) is 30.5. The molecule has 2 aliphatic rings. The van der Waals surface area contributed by atoms with Crippen molar-refractivity contribution in [1.29, 1.82) is 0 Å². The van der Waals surface area contributed by atoms with Crippen LogP contribution >= 0.6 is 0 Å². The lowest BCUT2D eigenvalue weighted by Gasteiger charge is -2.32. The third-order valence-electron chi connectivity index (χ3n) is 11.8. The maximum atomic E-state index is 12.3. The molecule has 0 bridgehead atoms. The number of nitrogen functional groups attached to an aromatic ring is 1. The Morgan fingerprint density at radius 1 is 0.980 bits per heavy atom. The molecule has 0 unspecified atom stereocenters. The van der Waals surface area contributed by atoms with Gasteiger partial charge in [0.1, 0.15) is 5.82 Å². The van der Waals surface area contributed by atoms with Crippen LogP contribution in [0.15, 0.2) is 73.1 Å². The molecule has 0 radical (unpaired) electrons. The van der Waals surface area contributed by atoms with Gasteiger partial charge in [-0.05, 0) is 117 Å². The van der Waals surface area contributed by atoms with Gasteiger partial charge < -0.3 is 31.1 Å². The van der Waals surface area contributed by atoms with E-state index in [-0.39, 0.29) is 30.3 Å². The average Bonchev–Trinajstić information content (AvgIpc) is 3.70. The second-order valence-corrected chi connectivity index (χ2v) is 15.7. The maximum Gasteiger partial charge on any atom is 0.309 e. The average molecular weight is 700 g/mol. The summed E-state index contributed by atoms with van der Waals surface area (Å²) in [5.74, 6) is -0.544. The number of aliphatic carboxylic acids is 1. The first-order valence-corrected chi connectivity index (χ1v) is 19.6. The highest BCUT2D eigenvalue weighted by Gasteiger charge is 2.46. The Labute approximate surface area is 304 Å². The molecule has 7 N–H and O–H groups in total. The Hall–Kier alpha value is -3.46. The van der Waals surface area contributed by atoms with Crippen molar-refractivity contribution < 1.29 is 25.2 Å². The number of allylic oxidation sites excluding steroid dienone is 1. The molecule has 1 fully saturated rings. The monoisotopic (exact) mass is 699 g/mol. The molecule has 0 amide bonds. The quantitative estimate of drug-likeness (QED) is 0.0514. The van der Waals surface area contributed by atoms with E-state index in [9.17, 15) is 25.2 Å². The number of nitrogens with one attached hydrogen (secondary N) is 1. The van der Waals surface area contributed by atoms with Gasteiger partial charge in [0.05, 0.1) is 23.7 Å². The molecule has 0 aliphatic heterocycles. The van der Waals surface area contributed by atoms with Gasteiger partial charge in [0.15, 0.2) is 0 Å². The van der Waals surface area contributed by atoms with Crippen LogP contribution in [0.5, 0.6) is 0 Å². The SMILES string of the molecule is CCCCC[C@@H]1C=C[C@@H](CCCCC[C@H](C(=O)O)[C@H](O)CC[C@]2(O)C[C@H](Cc3ccnc(N)c3)C[C@H]2Cc2cc(-c3ccccc3)c[nH]2)[C@H](O)C1. The van der Waals surface area contributed by atoms with Crippen molar-refractivity contribution in [3.63, 3.8) is 0 Å². The van der Waals surface area contributed by atoms with Crippen LogP contribution in [0.1, 0.15) is 108 Å². The fraction of sp³-hybridized carbons (Fsp3) is 0.581. The minimum absolute atomic E-state index is 0.0461. The number of carbonyl (C=O) groups is 1. The molecule has 3 aromatic rings. The highest BCUT2D eigenvalue weighted by Crippen LogP contribution is 2.46. The minimum Gasteiger partial charge on any atom is -0.481 e. The highest BCUT2D eigenvalue weighted by atomic mass is 16.4. The van der Waals surface area contributed by atoms with E-state index in [1.165, 1.54) is 19.3 Å². The molecule has 51 heavy (non-hydrogen) atoms. The second kappa shape index (κ2) is 18.9. The number of hydrogen-bond acceptors (Lipinski definition) is 6. The summed E-state index contributed by atoms with van der Waals surface area (Å²) >= 11 is 0. The number of H-pyrrole nitrogens is 1. The molecule has 1 aromatic carbocycles. The van der Waals surface area contributed by atoms with Gasteiger partial charge in [-0.25, -0.2) is 4.98 Å². The van der Waals surface area contributed by atoms with Crippen LogP contribution in [0.4, 0.5) is 5.82 Å². The lowest BCUT2D eigenvalue weighted by atomic mass is 9.80. The Morgan fingerprint density at radius 2 is 1.78 bits per heavy atom. The summed E-state index contributed by atoms with van der Waals surface area (Å²) in [7, 11) is 0. The number of nitrogens with two attached hydrogens (primary N) is 1. The molecule has 2 aliphatic carbocycles. The van der Waals surface area contributed by atoms with Crippen molar-refractivity contribution in [3.05, 3.63) is 84.3 Å². The largest absolute Gasteiger partial charge is 0.481 e. The second-order valence-electron chi connectivity index (χ2n) is 15.7. The standard InChI is InChI=1S/C43H61N3O5/c1-2-3-6-11-30-16-17-34(40(48)24-30)14-9-5-10-15-38(42(49)50)39(47)18-20-43(51)28-32(22-31-19-21-45-41(44)25-31)23-36(43)27-37-26-35(29-46-37)33-12-7-4-8-13-33/h4,7-8,12-13,16-17,19,21,25-26,29-30,32,34,36,38-40,46-48,51H,2-3,5-6,9-11,14-15,18,20,22-24,27-28H2,1H3,(H2,44,45)(H,49,50)/t30-,32-,34-,36+,38+,39-,40-,43+/m1/s1. The number of carboxylic acid groups (broad SMARTS) is 1. The van der Waals surface area contributed by atoms with Crippen molar-refractivity contribution in [2.24, 2.45) is 29.6 Å². The third-order valence-corrected chi connectivity index (χ3v) is 11.8. The molecule has 2 heterocycles. The van der Waals surface area contributed by atoms with Gasteiger partial charge in [0.2, 0.25) is 0 Å². The number of anilines is 1. The third kappa shape index (κ3) is 11.3. The van der Waals surface area contributed by atoms with Gasteiger partial charge in [-0.3, -0.25) is 4.79 Å². The lowest BCUT2D eigenvalue weighted by Crippen LogP contribution is -2.37. The molecule has 8 nitrogen and oxygen atoms in total. The number of rotatable bonds is 20. The van der Waals surface area contributed by atoms with E-state index in [0.29, 0.717) is 43.8 Å². The predicted octanol–water partition coefficient (Wildman–Crippen LogP) is 8.13. The van der Waals surface area contributed by atoms with Gasteiger partial charge in [-0.1, -0.05) is 87.9 Å². The summed E-state index contributed by atoms with van der Waals surface area (Å²) in [6, 6.07) is 16.2. The summed E-state index contributed by atoms with van der Waals surface area (Å²) in [6.45, 7) is 2.21. The zero-order valence-electron chi connectivity index (χ0n) is 30.5. The number of hydrogen-bond donors (Lipinski definition) is 6. The number of carboxylic acids is 1. The van der Waals surface area contributed by atoms with Gasteiger partial charge >= 0.3 is 5.97 Å². The molecule has 8 atom stereocenters. The van der Waals surface area contributed by atoms with E-state index in [1.54, 1.807) is 6.20 Å². The van der Waals surface area contributed by atoms with E-state index in [1.807, 2.05) is 36.5 Å². The van der Waals surface area contributed by atoms with Crippen LogP contribution in [0.2, 0.25) is 0 Å².